The molecule has 5 heteroatoms. The van der Waals surface area contributed by atoms with Gasteiger partial charge >= 0.3 is 0 Å². The van der Waals surface area contributed by atoms with Gasteiger partial charge in [0.25, 0.3) is 11.8 Å². The van der Waals surface area contributed by atoms with Gasteiger partial charge < -0.3 is 9.47 Å². The van der Waals surface area contributed by atoms with Crippen LogP contribution in [0.5, 0.6) is 11.8 Å². The van der Waals surface area contributed by atoms with E-state index in [1.54, 1.807) is 26.6 Å². The zero-order chi connectivity index (χ0) is 13.9. The van der Waals surface area contributed by atoms with Crippen molar-refractivity contribution in [3.63, 3.8) is 0 Å². The minimum absolute atomic E-state index is 0.376. The van der Waals surface area contributed by atoms with Crippen LogP contribution in [0.25, 0.3) is 22.2 Å². The van der Waals surface area contributed by atoms with Gasteiger partial charge in [0, 0.05) is 18.0 Å². The first-order valence-corrected chi connectivity index (χ1v) is 6.12. The lowest BCUT2D eigenvalue weighted by Gasteiger charge is -2.09. The molecule has 20 heavy (non-hydrogen) atoms. The van der Waals surface area contributed by atoms with Crippen molar-refractivity contribution >= 4 is 11.0 Å². The highest BCUT2D eigenvalue weighted by Crippen LogP contribution is 2.31. The Morgan fingerprint density at radius 2 is 1.55 bits per heavy atom. The van der Waals surface area contributed by atoms with Crippen LogP contribution in [-0.4, -0.2) is 29.2 Å². The van der Waals surface area contributed by atoms with Crippen LogP contribution in [0.2, 0.25) is 0 Å². The molecule has 0 fully saturated rings. The van der Waals surface area contributed by atoms with Crippen LogP contribution >= 0.6 is 0 Å². The number of rotatable bonds is 3. The van der Waals surface area contributed by atoms with E-state index in [1.807, 2.05) is 30.3 Å². The second-order valence-corrected chi connectivity index (χ2v) is 4.15. The molecular weight excluding hydrogens is 254 g/mol. The fourth-order valence-corrected chi connectivity index (χ4v) is 2.08. The standard InChI is InChI=1S/C15H13N3O2/c1-19-14-15(20-2)18-13-11(4-3-5-12(13)17-14)10-6-8-16-9-7-10/h3-9H,1-2H3. The minimum Gasteiger partial charge on any atom is -0.477 e. The van der Waals surface area contributed by atoms with Crippen molar-refractivity contribution in [2.45, 2.75) is 0 Å². The Balaban J connectivity index is 2.29. The number of para-hydroxylation sites is 1. The third kappa shape index (κ3) is 2.03. The highest BCUT2D eigenvalue weighted by molar-refractivity contribution is 5.92. The van der Waals surface area contributed by atoms with Crippen molar-refractivity contribution in [2.75, 3.05) is 14.2 Å². The average molecular weight is 267 g/mol. The molecule has 0 N–H and O–H groups in total. The van der Waals surface area contributed by atoms with Gasteiger partial charge in [-0.2, -0.15) is 0 Å². The van der Waals surface area contributed by atoms with Gasteiger partial charge in [-0.1, -0.05) is 12.1 Å². The molecule has 0 aliphatic carbocycles. The maximum atomic E-state index is 5.22. The Hall–Kier alpha value is -2.69. The molecule has 5 nitrogen and oxygen atoms in total. The first-order valence-electron chi connectivity index (χ1n) is 6.12. The lowest BCUT2D eigenvalue weighted by molar-refractivity contribution is 0.334. The molecule has 0 saturated carbocycles. The molecule has 3 aromatic rings. The van der Waals surface area contributed by atoms with Crippen LogP contribution in [-0.2, 0) is 0 Å². The van der Waals surface area contributed by atoms with Crippen LogP contribution in [0.1, 0.15) is 0 Å². The third-order valence-corrected chi connectivity index (χ3v) is 3.01. The SMILES string of the molecule is COc1nc2cccc(-c3ccncc3)c2nc1OC. The fraction of sp³-hybridized carbons (Fsp3) is 0.133. The first-order chi connectivity index (χ1) is 9.83. The molecule has 0 radical (unpaired) electrons. The molecule has 0 amide bonds. The molecule has 0 aliphatic heterocycles. The van der Waals surface area contributed by atoms with Crippen molar-refractivity contribution in [3.05, 3.63) is 42.7 Å². The average Bonchev–Trinajstić information content (AvgIpc) is 2.53. The molecule has 2 heterocycles. The zero-order valence-corrected chi connectivity index (χ0v) is 11.2. The van der Waals surface area contributed by atoms with E-state index in [1.165, 1.54) is 0 Å². The zero-order valence-electron chi connectivity index (χ0n) is 11.2. The van der Waals surface area contributed by atoms with E-state index < -0.39 is 0 Å². The molecule has 2 aromatic heterocycles. The van der Waals surface area contributed by atoms with Gasteiger partial charge in [0.05, 0.1) is 19.7 Å². The molecule has 0 unspecified atom stereocenters. The van der Waals surface area contributed by atoms with E-state index in [9.17, 15) is 0 Å². The van der Waals surface area contributed by atoms with Crippen molar-refractivity contribution in [2.24, 2.45) is 0 Å². The van der Waals surface area contributed by atoms with E-state index in [0.717, 1.165) is 22.2 Å². The van der Waals surface area contributed by atoms with E-state index >= 15 is 0 Å². The van der Waals surface area contributed by atoms with E-state index in [4.69, 9.17) is 9.47 Å². The second kappa shape index (κ2) is 5.13. The number of fused-ring (bicyclic) bond motifs is 1. The molecule has 0 saturated heterocycles. The Morgan fingerprint density at radius 3 is 2.25 bits per heavy atom. The van der Waals surface area contributed by atoms with Crippen LogP contribution in [0, 0.1) is 0 Å². The molecule has 100 valence electrons. The summed E-state index contributed by atoms with van der Waals surface area (Å²) in [6, 6.07) is 9.71. The van der Waals surface area contributed by atoms with Gasteiger partial charge in [0.15, 0.2) is 0 Å². The number of methoxy groups -OCH3 is 2. The quantitative estimate of drug-likeness (QED) is 0.730. The predicted molar refractivity (Wildman–Crippen MR) is 75.9 cm³/mol. The Labute approximate surface area is 116 Å². The Bertz CT molecular complexity index is 745. The van der Waals surface area contributed by atoms with Gasteiger partial charge in [-0.3, -0.25) is 4.98 Å². The van der Waals surface area contributed by atoms with Gasteiger partial charge in [-0.05, 0) is 23.8 Å². The van der Waals surface area contributed by atoms with Gasteiger partial charge in [0.2, 0.25) is 0 Å². The molecule has 0 atom stereocenters. The number of pyridine rings is 1. The molecule has 1 aromatic carbocycles. The molecule has 0 spiro atoms. The highest BCUT2D eigenvalue weighted by Gasteiger charge is 2.12. The highest BCUT2D eigenvalue weighted by atomic mass is 16.5. The van der Waals surface area contributed by atoms with E-state index in [2.05, 4.69) is 15.0 Å². The number of ether oxygens (including phenoxy) is 2. The maximum Gasteiger partial charge on any atom is 0.278 e. The monoisotopic (exact) mass is 267 g/mol. The summed E-state index contributed by atoms with van der Waals surface area (Å²) in [6.07, 6.45) is 3.50. The number of nitrogens with zero attached hydrogens (tertiary/aromatic N) is 3. The summed E-state index contributed by atoms with van der Waals surface area (Å²) in [4.78, 5) is 13.0. The predicted octanol–water partition coefficient (Wildman–Crippen LogP) is 2.71. The summed E-state index contributed by atoms with van der Waals surface area (Å²) < 4.78 is 10.4. The molecular formula is C15H13N3O2. The van der Waals surface area contributed by atoms with E-state index in [-0.39, 0.29) is 0 Å². The van der Waals surface area contributed by atoms with Crippen molar-refractivity contribution in [3.8, 4) is 22.9 Å². The number of hydrogen-bond acceptors (Lipinski definition) is 5. The van der Waals surface area contributed by atoms with Crippen LogP contribution < -0.4 is 9.47 Å². The Morgan fingerprint density at radius 1 is 0.850 bits per heavy atom. The third-order valence-electron chi connectivity index (χ3n) is 3.01. The van der Waals surface area contributed by atoms with Crippen LogP contribution in [0.3, 0.4) is 0 Å². The summed E-state index contributed by atoms with van der Waals surface area (Å²) in [5.41, 5.74) is 3.55. The number of aromatic nitrogens is 3. The van der Waals surface area contributed by atoms with Crippen molar-refractivity contribution in [1.82, 2.24) is 15.0 Å². The molecule has 3 rings (SSSR count). The second-order valence-electron chi connectivity index (χ2n) is 4.15. The minimum atomic E-state index is 0.376. The number of hydrogen-bond donors (Lipinski definition) is 0. The normalized spacial score (nSPS) is 10.5. The first kappa shape index (κ1) is 12.3. The summed E-state index contributed by atoms with van der Waals surface area (Å²) >= 11 is 0. The summed E-state index contributed by atoms with van der Waals surface area (Å²) in [5, 5.41) is 0. The molecule has 0 aliphatic rings. The van der Waals surface area contributed by atoms with Crippen molar-refractivity contribution in [1.29, 1.82) is 0 Å². The Kier molecular flexibility index (Phi) is 3.16. The van der Waals surface area contributed by atoms with Crippen LogP contribution in [0.15, 0.2) is 42.7 Å². The van der Waals surface area contributed by atoms with Gasteiger partial charge in [-0.25, -0.2) is 9.97 Å². The summed E-state index contributed by atoms with van der Waals surface area (Å²) in [6.45, 7) is 0. The fourth-order valence-electron chi connectivity index (χ4n) is 2.08. The largest absolute Gasteiger partial charge is 0.477 e. The van der Waals surface area contributed by atoms with Gasteiger partial charge in [0.1, 0.15) is 5.52 Å². The lowest BCUT2D eigenvalue weighted by atomic mass is 10.1. The van der Waals surface area contributed by atoms with Crippen LogP contribution in [0.4, 0.5) is 0 Å². The summed E-state index contributed by atoms with van der Waals surface area (Å²) in [5.74, 6) is 0.758. The summed E-state index contributed by atoms with van der Waals surface area (Å²) in [7, 11) is 3.10. The van der Waals surface area contributed by atoms with Gasteiger partial charge in [-0.15, -0.1) is 0 Å². The topological polar surface area (TPSA) is 57.1 Å². The molecule has 0 bridgehead atoms. The van der Waals surface area contributed by atoms with E-state index in [0.29, 0.717) is 11.8 Å². The van der Waals surface area contributed by atoms with Crippen molar-refractivity contribution < 1.29 is 9.47 Å². The maximum absolute atomic E-state index is 5.22. The smallest absolute Gasteiger partial charge is 0.278 e. The number of benzene rings is 1. The lowest BCUT2D eigenvalue weighted by Crippen LogP contribution is -1.98.